The van der Waals surface area contributed by atoms with Gasteiger partial charge in [0.1, 0.15) is 6.10 Å². The second-order valence-corrected chi connectivity index (χ2v) is 6.71. The van der Waals surface area contributed by atoms with Crippen LogP contribution in [0, 0.1) is 0 Å². The topological polar surface area (TPSA) is 78.9 Å². The van der Waals surface area contributed by atoms with Gasteiger partial charge in [-0.2, -0.15) is 8.42 Å². The fraction of sp³-hybridized carbons (Fsp3) is 0.786. The minimum atomic E-state index is -3.57. The zero-order valence-electron chi connectivity index (χ0n) is 13.0. The maximum Gasteiger partial charge on any atom is 0.333 e. The van der Waals surface area contributed by atoms with Crippen LogP contribution >= 0.6 is 0 Å². The summed E-state index contributed by atoms with van der Waals surface area (Å²) < 4.78 is 38.4. The van der Waals surface area contributed by atoms with Gasteiger partial charge in [-0.3, -0.25) is 4.18 Å². The molecule has 0 spiro atoms. The molecule has 7 heteroatoms. The van der Waals surface area contributed by atoms with Crippen LogP contribution < -0.4 is 0 Å². The molecule has 0 bridgehead atoms. The molecule has 1 rings (SSSR count). The molecule has 0 saturated heterocycles. The van der Waals surface area contributed by atoms with E-state index in [0.29, 0.717) is 18.4 Å². The van der Waals surface area contributed by atoms with Gasteiger partial charge in [-0.15, -0.1) is 0 Å². The first-order valence-corrected chi connectivity index (χ1v) is 8.93. The number of methoxy groups -OCH3 is 1. The van der Waals surface area contributed by atoms with Crippen molar-refractivity contribution in [3.63, 3.8) is 0 Å². The van der Waals surface area contributed by atoms with Crippen molar-refractivity contribution in [3.05, 3.63) is 11.6 Å². The van der Waals surface area contributed by atoms with Crippen LogP contribution in [0.3, 0.4) is 0 Å². The molecule has 0 radical (unpaired) electrons. The van der Waals surface area contributed by atoms with E-state index in [-0.39, 0.29) is 6.10 Å². The molecule has 122 valence electrons. The summed E-state index contributed by atoms with van der Waals surface area (Å²) in [4.78, 5) is 11.6. The maximum atomic E-state index is 11.6. The summed E-state index contributed by atoms with van der Waals surface area (Å²) in [6, 6.07) is 0. The predicted molar refractivity (Wildman–Crippen MR) is 78.3 cm³/mol. The molecule has 0 aromatic rings. The molecule has 21 heavy (non-hydrogen) atoms. The number of ether oxygens (including phenoxy) is 2. The van der Waals surface area contributed by atoms with Crippen molar-refractivity contribution in [2.45, 2.75) is 57.8 Å². The van der Waals surface area contributed by atoms with Gasteiger partial charge in [-0.1, -0.05) is 19.9 Å². The van der Waals surface area contributed by atoms with E-state index in [2.05, 4.69) is 0 Å². The molecular formula is C14H24O6S. The molecule has 0 saturated carbocycles. The van der Waals surface area contributed by atoms with E-state index in [0.717, 1.165) is 19.1 Å². The first-order valence-electron chi connectivity index (χ1n) is 7.11. The third kappa shape index (κ3) is 5.76. The Morgan fingerprint density at radius 1 is 1.33 bits per heavy atom. The minimum Gasteiger partial charge on any atom is -0.466 e. The number of rotatable bonds is 7. The van der Waals surface area contributed by atoms with Gasteiger partial charge in [0.05, 0.1) is 25.6 Å². The summed E-state index contributed by atoms with van der Waals surface area (Å²) in [5.74, 6) is -0.411. The summed E-state index contributed by atoms with van der Waals surface area (Å²) >= 11 is 0. The quantitative estimate of drug-likeness (QED) is 0.526. The Hall–Kier alpha value is -0.920. The van der Waals surface area contributed by atoms with Gasteiger partial charge < -0.3 is 9.47 Å². The molecule has 6 nitrogen and oxygen atoms in total. The Morgan fingerprint density at radius 3 is 2.43 bits per heavy atom. The van der Waals surface area contributed by atoms with Crippen LogP contribution in [0.5, 0.6) is 0 Å². The van der Waals surface area contributed by atoms with Crippen molar-refractivity contribution in [2.75, 3.05) is 13.4 Å². The monoisotopic (exact) mass is 320 g/mol. The third-order valence-corrected chi connectivity index (χ3v) is 4.05. The van der Waals surface area contributed by atoms with Crippen molar-refractivity contribution >= 4 is 16.1 Å². The van der Waals surface area contributed by atoms with Crippen LogP contribution in [-0.4, -0.2) is 46.1 Å². The average Bonchev–Trinajstić information content (AvgIpc) is 2.43. The number of hydrogen-bond acceptors (Lipinski definition) is 6. The second-order valence-electron chi connectivity index (χ2n) is 5.11. The van der Waals surface area contributed by atoms with E-state index >= 15 is 0 Å². The highest BCUT2D eigenvalue weighted by molar-refractivity contribution is 7.86. The highest BCUT2D eigenvalue weighted by Gasteiger charge is 2.33. The van der Waals surface area contributed by atoms with Crippen LogP contribution in [0.1, 0.15) is 39.5 Å². The van der Waals surface area contributed by atoms with E-state index in [1.54, 1.807) is 6.08 Å². The molecule has 2 atom stereocenters. The number of hydrogen-bond donors (Lipinski definition) is 0. The highest BCUT2D eigenvalue weighted by atomic mass is 32.2. The van der Waals surface area contributed by atoms with E-state index in [4.69, 9.17) is 13.7 Å². The van der Waals surface area contributed by atoms with Gasteiger partial charge in [0.15, 0.2) is 0 Å². The van der Waals surface area contributed by atoms with Crippen molar-refractivity contribution < 1.29 is 26.9 Å². The molecule has 1 aliphatic carbocycles. The van der Waals surface area contributed by atoms with Crippen molar-refractivity contribution in [3.8, 4) is 0 Å². The Labute approximate surface area is 126 Å². The number of esters is 1. The summed E-state index contributed by atoms with van der Waals surface area (Å²) in [6.07, 6.45) is 3.85. The summed E-state index contributed by atoms with van der Waals surface area (Å²) in [5, 5.41) is 0. The maximum absolute atomic E-state index is 11.6. The Morgan fingerprint density at radius 2 is 1.95 bits per heavy atom. The average molecular weight is 320 g/mol. The lowest BCUT2D eigenvalue weighted by molar-refractivity contribution is -0.137. The molecule has 0 N–H and O–H groups in total. The molecule has 0 aromatic heterocycles. The number of carbonyl (C=O) groups is 1. The van der Waals surface area contributed by atoms with Crippen LogP contribution in [0.15, 0.2) is 11.6 Å². The zero-order valence-corrected chi connectivity index (χ0v) is 13.8. The van der Waals surface area contributed by atoms with E-state index in [9.17, 15) is 13.2 Å². The van der Waals surface area contributed by atoms with E-state index in [1.165, 1.54) is 7.11 Å². The highest BCUT2D eigenvalue weighted by Crippen LogP contribution is 2.27. The molecule has 1 aliphatic rings. The summed E-state index contributed by atoms with van der Waals surface area (Å²) in [6.45, 7) is 4.00. The molecule has 0 aromatic carbocycles. The predicted octanol–water partition coefficient (Wildman–Crippen LogP) is 1.80. The van der Waals surface area contributed by atoms with Crippen molar-refractivity contribution in [1.29, 1.82) is 0 Å². The lowest BCUT2D eigenvalue weighted by Crippen LogP contribution is -2.39. The fourth-order valence-electron chi connectivity index (χ4n) is 2.33. The molecule has 2 unspecified atom stereocenters. The lowest BCUT2D eigenvalue weighted by atomic mass is 9.94. The Kier molecular flexibility index (Phi) is 6.83. The van der Waals surface area contributed by atoms with Gasteiger partial charge >= 0.3 is 5.97 Å². The zero-order chi connectivity index (χ0) is 16.0. The third-order valence-electron chi connectivity index (χ3n) is 3.46. The molecule has 0 amide bonds. The second kappa shape index (κ2) is 7.91. The summed E-state index contributed by atoms with van der Waals surface area (Å²) in [5.41, 5.74) is 0.502. The smallest absolute Gasteiger partial charge is 0.333 e. The molecular weight excluding hydrogens is 296 g/mol. The van der Waals surface area contributed by atoms with Gasteiger partial charge in [0, 0.05) is 12.0 Å². The standard InChI is InChI=1S/C14H24O6S/c1-5-11(6-2)19-13-9-10(14(15)18-3)7-8-12(13)20-21(4,16)17/h7,11-13H,5-6,8-9H2,1-4H3. The Balaban J connectivity index is 2.89. The number of carbonyl (C=O) groups excluding carboxylic acids is 1. The van der Waals surface area contributed by atoms with Gasteiger partial charge in [0.2, 0.25) is 0 Å². The minimum absolute atomic E-state index is 0.0117. The Bertz CT molecular complexity index is 478. The van der Waals surface area contributed by atoms with Gasteiger partial charge in [-0.25, -0.2) is 4.79 Å². The largest absolute Gasteiger partial charge is 0.466 e. The normalized spacial score (nSPS) is 23.0. The fourth-order valence-corrected chi connectivity index (χ4v) is 2.98. The SMILES string of the molecule is CCC(CC)OC1CC(C(=O)OC)=CCC1OS(C)(=O)=O. The lowest BCUT2D eigenvalue weighted by Gasteiger charge is -2.32. The van der Waals surface area contributed by atoms with Crippen LogP contribution in [-0.2, 0) is 28.6 Å². The molecule has 0 heterocycles. The van der Waals surface area contributed by atoms with Gasteiger partial charge in [-0.05, 0) is 19.3 Å². The van der Waals surface area contributed by atoms with Crippen molar-refractivity contribution in [2.24, 2.45) is 0 Å². The van der Waals surface area contributed by atoms with Crippen LogP contribution in [0.4, 0.5) is 0 Å². The molecule has 0 aliphatic heterocycles. The van der Waals surface area contributed by atoms with Crippen LogP contribution in [0.25, 0.3) is 0 Å². The van der Waals surface area contributed by atoms with E-state index < -0.39 is 28.3 Å². The van der Waals surface area contributed by atoms with Gasteiger partial charge in [0.25, 0.3) is 10.1 Å². The van der Waals surface area contributed by atoms with Crippen molar-refractivity contribution in [1.82, 2.24) is 0 Å². The molecule has 0 fully saturated rings. The summed E-state index contributed by atoms with van der Waals surface area (Å²) in [7, 11) is -2.26. The first-order chi connectivity index (χ1) is 9.80. The van der Waals surface area contributed by atoms with E-state index in [1.807, 2.05) is 13.8 Å². The first kappa shape index (κ1) is 18.1. The van der Waals surface area contributed by atoms with Crippen LogP contribution in [0.2, 0.25) is 0 Å².